The molecule has 2 N–H and O–H groups in total. The number of nitrogens with zero attached hydrogens (tertiary/aromatic N) is 1. The lowest BCUT2D eigenvalue weighted by Gasteiger charge is -2.11. The fourth-order valence-electron chi connectivity index (χ4n) is 1.26. The Labute approximate surface area is 93.4 Å². The van der Waals surface area contributed by atoms with E-state index in [-0.39, 0.29) is 16.7 Å². The summed E-state index contributed by atoms with van der Waals surface area (Å²) in [5, 5.41) is 5.05. The molecule has 1 aromatic rings. The van der Waals surface area contributed by atoms with Crippen molar-refractivity contribution in [2.75, 3.05) is 7.11 Å². The fourth-order valence-corrected chi connectivity index (χ4v) is 1.91. The van der Waals surface area contributed by atoms with E-state index < -0.39 is 10.0 Å². The zero-order valence-corrected chi connectivity index (χ0v) is 9.53. The van der Waals surface area contributed by atoms with Crippen LogP contribution in [0.15, 0.2) is 17.3 Å². The second kappa shape index (κ2) is 3.91. The van der Waals surface area contributed by atoms with E-state index in [1.807, 2.05) is 0 Å². The monoisotopic (exact) mass is 244 g/mol. The van der Waals surface area contributed by atoms with Crippen LogP contribution in [0.25, 0.3) is 0 Å². The van der Waals surface area contributed by atoms with Crippen LogP contribution in [0.2, 0.25) is 0 Å². The number of hydrogen-bond acceptors (Lipinski definition) is 5. The Bertz CT molecular complexity index is 496. The number of pyridine rings is 1. The fraction of sp³-hybridized carbons (Fsp3) is 0.444. The van der Waals surface area contributed by atoms with E-state index in [0.717, 1.165) is 19.0 Å². The number of sulfonamides is 1. The molecule has 1 heterocycles. The Morgan fingerprint density at radius 3 is 2.62 bits per heavy atom. The third-order valence-corrected chi connectivity index (χ3v) is 3.06. The number of ether oxygens (including phenoxy) is 2. The van der Waals surface area contributed by atoms with Crippen LogP contribution >= 0.6 is 0 Å². The van der Waals surface area contributed by atoms with Gasteiger partial charge in [0.1, 0.15) is 4.90 Å². The van der Waals surface area contributed by atoms with Crippen molar-refractivity contribution in [1.82, 2.24) is 4.98 Å². The van der Waals surface area contributed by atoms with Crippen molar-refractivity contribution in [1.29, 1.82) is 0 Å². The summed E-state index contributed by atoms with van der Waals surface area (Å²) in [7, 11) is -2.49. The summed E-state index contributed by atoms with van der Waals surface area (Å²) in [6, 6.07) is 0. The Hall–Kier alpha value is -1.34. The zero-order valence-electron chi connectivity index (χ0n) is 8.71. The first-order valence-corrected chi connectivity index (χ1v) is 6.28. The molecule has 6 nitrogen and oxygen atoms in total. The molecule has 1 aliphatic rings. The van der Waals surface area contributed by atoms with Gasteiger partial charge in [0.2, 0.25) is 10.0 Å². The van der Waals surface area contributed by atoms with Gasteiger partial charge in [-0.2, -0.15) is 0 Å². The van der Waals surface area contributed by atoms with Crippen molar-refractivity contribution in [2.45, 2.75) is 23.8 Å². The number of nitrogens with two attached hydrogens (primary N) is 1. The van der Waals surface area contributed by atoms with Crippen LogP contribution in [0.4, 0.5) is 0 Å². The Balaban J connectivity index is 2.45. The predicted molar refractivity (Wildman–Crippen MR) is 55.8 cm³/mol. The molecule has 0 aliphatic heterocycles. The van der Waals surface area contributed by atoms with Gasteiger partial charge in [-0.3, -0.25) is 4.98 Å². The quantitative estimate of drug-likeness (QED) is 0.821. The van der Waals surface area contributed by atoms with E-state index >= 15 is 0 Å². The average Bonchev–Trinajstić information content (AvgIpc) is 3.00. The van der Waals surface area contributed by atoms with E-state index in [4.69, 9.17) is 14.6 Å². The molecule has 16 heavy (non-hydrogen) atoms. The number of hydrogen-bond donors (Lipinski definition) is 1. The highest BCUT2D eigenvalue weighted by Gasteiger charge is 2.27. The first-order valence-electron chi connectivity index (χ1n) is 4.74. The molecular formula is C9H12N2O4S. The van der Waals surface area contributed by atoms with Crippen molar-refractivity contribution in [2.24, 2.45) is 5.14 Å². The molecule has 7 heteroatoms. The molecule has 1 aliphatic carbocycles. The van der Waals surface area contributed by atoms with Crippen LogP contribution < -0.4 is 14.6 Å². The highest BCUT2D eigenvalue weighted by molar-refractivity contribution is 7.89. The number of primary sulfonamides is 1. The standard InChI is InChI=1S/C9H12N2O4S/c1-14-9-7(15-6-2-3-6)4-11-5-8(9)16(10,12)13/h4-6H,2-3H2,1H3,(H2,10,12,13). The lowest BCUT2D eigenvalue weighted by molar-refractivity contribution is 0.277. The summed E-state index contributed by atoms with van der Waals surface area (Å²) in [4.78, 5) is 3.62. The molecule has 0 unspecified atom stereocenters. The van der Waals surface area contributed by atoms with Crippen molar-refractivity contribution in [3.8, 4) is 11.5 Å². The van der Waals surface area contributed by atoms with E-state index in [2.05, 4.69) is 4.98 Å². The Morgan fingerprint density at radius 2 is 2.12 bits per heavy atom. The number of aromatic nitrogens is 1. The Morgan fingerprint density at radius 1 is 1.44 bits per heavy atom. The van der Waals surface area contributed by atoms with Crippen LogP contribution in [0.3, 0.4) is 0 Å². The highest BCUT2D eigenvalue weighted by atomic mass is 32.2. The molecule has 88 valence electrons. The molecule has 0 bridgehead atoms. The van der Waals surface area contributed by atoms with Gasteiger partial charge in [0, 0.05) is 0 Å². The first-order chi connectivity index (χ1) is 7.52. The number of rotatable bonds is 4. The van der Waals surface area contributed by atoms with E-state index in [0.29, 0.717) is 5.75 Å². The lowest BCUT2D eigenvalue weighted by atomic mass is 10.4. The van der Waals surface area contributed by atoms with Gasteiger partial charge in [0.15, 0.2) is 11.5 Å². The normalized spacial score (nSPS) is 15.9. The number of methoxy groups -OCH3 is 1. The SMILES string of the molecule is COc1c(OC2CC2)cncc1S(N)(=O)=O. The average molecular weight is 244 g/mol. The van der Waals surface area contributed by atoms with Crippen LogP contribution in [-0.2, 0) is 10.0 Å². The summed E-state index contributed by atoms with van der Waals surface area (Å²) in [5.41, 5.74) is 0. The first kappa shape index (κ1) is 11.2. The van der Waals surface area contributed by atoms with Gasteiger partial charge in [-0.15, -0.1) is 0 Å². The zero-order chi connectivity index (χ0) is 11.8. The second-order valence-electron chi connectivity index (χ2n) is 3.53. The maximum Gasteiger partial charge on any atom is 0.243 e. The van der Waals surface area contributed by atoms with E-state index in [1.54, 1.807) is 0 Å². The van der Waals surface area contributed by atoms with Gasteiger partial charge >= 0.3 is 0 Å². The molecule has 1 aromatic heterocycles. The van der Waals surface area contributed by atoms with Crippen molar-refractivity contribution in [3.05, 3.63) is 12.4 Å². The van der Waals surface area contributed by atoms with Gasteiger partial charge in [-0.25, -0.2) is 13.6 Å². The van der Waals surface area contributed by atoms with Gasteiger partial charge < -0.3 is 9.47 Å². The predicted octanol–water partition coefficient (Wildman–Crippen LogP) is 0.279. The van der Waals surface area contributed by atoms with Gasteiger partial charge in [-0.1, -0.05) is 0 Å². The van der Waals surface area contributed by atoms with Crippen LogP contribution in [0.1, 0.15) is 12.8 Å². The van der Waals surface area contributed by atoms with Crippen molar-refractivity contribution >= 4 is 10.0 Å². The van der Waals surface area contributed by atoms with Gasteiger partial charge in [0.05, 0.1) is 25.6 Å². The van der Waals surface area contributed by atoms with Crippen LogP contribution in [0, 0.1) is 0 Å². The molecule has 0 aromatic carbocycles. The highest BCUT2D eigenvalue weighted by Crippen LogP contribution is 2.36. The molecule has 0 radical (unpaired) electrons. The van der Waals surface area contributed by atoms with Gasteiger partial charge in [0.25, 0.3) is 0 Å². The molecule has 2 rings (SSSR count). The van der Waals surface area contributed by atoms with Crippen LogP contribution in [0.5, 0.6) is 11.5 Å². The molecule has 0 amide bonds. The third-order valence-electron chi connectivity index (χ3n) is 2.16. The minimum Gasteiger partial charge on any atom is -0.491 e. The molecule has 0 saturated heterocycles. The smallest absolute Gasteiger partial charge is 0.243 e. The topological polar surface area (TPSA) is 91.5 Å². The minimum absolute atomic E-state index is 0.115. The lowest BCUT2D eigenvalue weighted by Crippen LogP contribution is -2.14. The molecule has 0 atom stereocenters. The summed E-state index contributed by atoms with van der Waals surface area (Å²) in [6.45, 7) is 0. The second-order valence-corrected chi connectivity index (χ2v) is 5.06. The maximum absolute atomic E-state index is 11.3. The van der Waals surface area contributed by atoms with Crippen molar-refractivity contribution in [3.63, 3.8) is 0 Å². The summed E-state index contributed by atoms with van der Waals surface area (Å²) < 4.78 is 33.0. The third kappa shape index (κ3) is 2.25. The van der Waals surface area contributed by atoms with Crippen molar-refractivity contribution < 1.29 is 17.9 Å². The summed E-state index contributed by atoms with van der Waals surface area (Å²) in [6.07, 6.45) is 4.62. The largest absolute Gasteiger partial charge is 0.491 e. The summed E-state index contributed by atoms with van der Waals surface area (Å²) in [5.74, 6) is 0.431. The minimum atomic E-state index is -3.85. The molecular weight excluding hydrogens is 232 g/mol. The molecule has 1 saturated carbocycles. The van der Waals surface area contributed by atoms with Crippen LogP contribution in [-0.4, -0.2) is 26.6 Å². The Kier molecular flexibility index (Phi) is 2.73. The van der Waals surface area contributed by atoms with E-state index in [9.17, 15) is 8.42 Å². The van der Waals surface area contributed by atoms with E-state index in [1.165, 1.54) is 13.3 Å². The molecule has 0 spiro atoms. The van der Waals surface area contributed by atoms with Gasteiger partial charge in [-0.05, 0) is 12.8 Å². The maximum atomic E-state index is 11.3. The summed E-state index contributed by atoms with van der Waals surface area (Å²) >= 11 is 0. The molecule has 1 fully saturated rings.